The first-order valence-corrected chi connectivity index (χ1v) is 7.47. The smallest absolute Gasteiger partial charge is 0.123 e. The van der Waals surface area contributed by atoms with Crippen LogP contribution in [0.15, 0.2) is 73.8 Å². The number of allylic oxidation sites excluding steroid dienone is 1. The van der Waals surface area contributed by atoms with E-state index in [1.807, 2.05) is 48.6 Å². The van der Waals surface area contributed by atoms with Crippen LogP contribution in [0.4, 0.5) is 0 Å². The number of hydrogen-bond acceptors (Lipinski definition) is 2. The normalized spacial score (nSPS) is 10.0. The molecule has 2 heteroatoms. The maximum absolute atomic E-state index is 5.85. The predicted octanol–water partition coefficient (Wildman–Crippen LogP) is 4.95. The lowest BCUT2D eigenvalue weighted by molar-refractivity contribution is 0.301. The van der Waals surface area contributed by atoms with Crippen LogP contribution in [0, 0.1) is 0 Å². The van der Waals surface area contributed by atoms with Crippen molar-refractivity contribution in [2.24, 2.45) is 0 Å². The minimum absolute atomic E-state index is 0.561. The molecule has 0 unspecified atom stereocenters. The van der Waals surface area contributed by atoms with Gasteiger partial charge in [0, 0.05) is 5.56 Å². The number of ether oxygens (including phenoxy) is 2. The average Bonchev–Trinajstić information content (AvgIpc) is 2.56. The van der Waals surface area contributed by atoms with Gasteiger partial charge in [-0.05, 0) is 36.6 Å². The Hall–Kier alpha value is -2.48. The van der Waals surface area contributed by atoms with Gasteiger partial charge in [0.25, 0.3) is 0 Å². The second-order valence-corrected chi connectivity index (χ2v) is 4.96. The van der Waals surface area contributed by atoms with E-state index in [0.717, 1.165) is 35.5 Å². The summed E-state index contributed by atoms with van der Waals surface area (Å²) < 4.78 is 11.6. The maximum Gasteiger partial charge on any atom is 0.123 e. The van der Waals surface area contributed by atoms with E-state index in [9.17, 15) is 0 Å². The van der Waals surface area contributed by atoms with Crippen LogP contribution in [0.25, 0.3) is 0 Å². The van der Waals surface area contributed by atoms with Gasteiger partial charge >= 0.3 is 0 Å². The highest BCUT2D eigenvalue weighted by Gasteiger charge is 2.05. The van der Waals surface area contributed by atoms with Gasteiger partial charge in [0.2, 0.25) is 0 Å². The van der Waals surface area contributed by atoms with Crippen molar-refractivity contribution in [3.05, 3.63) is 85.0 Å². The molecule has 2 nitrogen and oxygen atoms in total. The Labute approximate surface area is 132 Å². The Kier molecular flexibility index (Phi) is 6.31. The minimum Gasteiger partial charge on any atom is -0.493 e. The molecule has 0 fully saturated rings. The molecule has 0 saturated carbocycles. The molecule has 0 bridgehead atoms. The van der Waals surface area contributed by atoms with Gasteiger partial charge in [-0.2, -0.15) is 0 Å². The van der Waals surface area contributed by atoms with Gasteiger partial charge in [-0.1, -0.05) is 42.5 Å². The third-order valence-corrected chi connectivity index (χ3v) is 3.22. The molecule has 2 rings (SSSR count). The highest BCUT2D eigenvalue weighted by Crippen LogP contribution is 2.26. The minimum atomic E-state index is 0.561. The van der Waals surface area contributed by atoms with Gasteiger partial charge < -0.3 is 9.47 Å². The summed E-state index contributed by atoms with van der Waals surface area (Å²) in [5, 5.41) is 0. The topological polar surface area (TPSA) is 18.5 Å². The van der Waals surface area contributed by atoms with E-state index in [0.29, 0.717) is 13.2 Å². The van der Waals surface area contributed by atoms with Crippen LogP contribution in [0.5, 0.6) is 11.5 Å². The fourth-order valence-corrected chi connectivity index (χ4v) is 2.09. The fraction of sp³-hybridized carbons (Fsp3) is 0.200. The van der Waals surface area contributed by atoms with Crippen molar-refractivity contribution in [1.82, 2.24) is 0 Å². The third kappa shape index (κ3) is 4.81. The molecule has 0 amide bonds. The van der Waals surface area contributed by atoms with Crippen molar-refractivity contribution >= 4 is 0 Å². The molecule has 0 radical (unpaired) electrons. The Bertz CT molecular complexity index is 602. The van der Waals surface area contributed by atoms with E-state index in [1.54, 1.807) is 0 Å². The summed E-state index contributed by atoms with van der Waals surface area (Å²) >= 11 is 0. The summed E-state index contributed by atoms with van der Waals surface area (Å²) in [5.74, 6) is 1.73. The van der Waals surface area contributed by atoms with Crippen LogP contribution in [-0.2, 0) is 13.0 Å². The third-order valence-electron chi connectivity index (χ3n) is 3.22. The van der Waals surface area contributed by atoms with Gasteiger partial charge in [0.15, 0.2) is 0 Å². The number of benzene rings is 2. The fourth-order valence-electron chi connectivity index (χ4n) is 2.09. The van der Waals surface area contributed by atoms with E-state index in [1.165, 1.54) is 0 Å². The number of hydrogen-bond donors (Lipinski definition) is 0. The molecular weight excluding hydrogens is 272 g/mol. The highest BCUT2D eigenvalue weighted by atomic mass is 16.5. The SMILES string of the molecule is C=CCCOc1ccc(OCc2ccccc2)cc1CC=C. The predicted molar refractivity (Wildman–Crippen MR) is 91.4 cm³/mol. The Morgan fingerprint density at radius 3 is 2.45 bits per heavy atom. The molecule has 2 aromatic carbocycles. The molecule has 0 aliphatic rings. The Balaban J connectivity index is 2.04. The molecule has 0 saturated heterocycles. The standard InChI is InChI=1S/C20H22O2/c1-3-5-14-21-20-13-12-19(15-18(20)9-4-2)22-16-17-10-7-6-8-11-17/h3-4,6-8,10-13,15H,1-2,5,9,14,16H2. The molecule has 0 atom stereocenters. The molecule has 0 aliphatic carbocycles. The summed E-state index contributed by atoms with van der Waals surface area (Å²) in [6.07, 6.45) is 5.31. The quantitative estimate of drug-likeness (QED) is 0.481. The maximum atomic E-state index is 5.85. The summed E-state index contributed by atoms with van der Waals surface area (Å²) in [5.41, 5.74) is 2.24. The van der Waals surface area contributed by atoms with E-state index in [2.05, 4.69) is 25.3 Å². The van der Waals surface area contributed by atoms with Crippen LogP contribution in [0.3, 0.4) is 0 Å². The number of rotatable bonds is 9. The molecule has 0 aliphatic heterocycles. The molecule has 0 aromatic heterocycles. The van der Waals surface area contributed by atoms with Crippen LogP contribution in [-0.4, -0.2) is 6.61 Å². The first-order valence-electron chi connectivity index (χ1n) is 7.47. The van der Waals surface area contributed by atoms with Crippen LogP contribution >= 0.6 is 0 Å². The van der Waals surface area contributed by atoms with Crippen molar-refractivity contribution in [2.45, 2.75) is 19.4 Å². The van der Waals surface area contributed by atoms with Gasteiger partial charge in [-0.3, -0.25) is 0 Å². The first kappa shape index (κ1) is 15.9. The lowest BCUT2D eigenvalue weighted by atomic mass is 10.1. The molecule has 0 N–H and O–H groups in total. The summed E-state index contributed by atoms with van der Waals surface area (Å²) in [6.45, 7) is 8.70. The average molecular weight is 294 g/mol. The molecule has 114 valence electrons. The van der Waals surface area contributed by atoms with Crippen molar-refractivity contribution in [1.29, 1.82) is 0 Å². The molecule has 2 aromatic rings. The van der Waals surface area contributed by atoms with Gasteiger partial charge in [-0.15, -0.1) is 13.2 Å². The summed E-state index contributed by atoms with van der Waals surface area (Å²) in [4.78, 5) is 0. The van der Waals surface area contributed by atoms with Crippen molar-refractivity contribution in [2.75, 3.05) is 6.61 Å². The van der Waals surface area contributed by atoms with Crippen LogP contribution in [0.1, 0.15) is 17.5 Å². The zero-order valence-corrected chi connectivity index (χ0v) is 12.8. The van der Waals surface area contributed by atoms with Crippen LogP contribution < -0.4 is 9.47 Å². The van der Waals surface area contributed by atoms with Gasteiger partial charge in [0.1, 0.15) is 18.1 Å². The zero-order valence-electron chi connectivity index (χ0n) is 12.8. The van der Waals surface area contributed by atoms with E-state index in [-0.39, 0.29) is 0 Å². The lowest BCUT2D eigenvalue weighted by Gasteiger charge is -2.13. The molecule has 0 spiro atoms. The zero-order chi connectivity index (χ0) is 15.6. The van der Waals surface area contributed by atoms with Crippen molar-refractivity contribution in [3.63, 3.8) is 0 Å². The van der Waals surface area contributed by atoms with E-state index < -0.39 is 0 Å². The second kappa shape index (κ2) is 8.73. The summed E-state index contributed by atoms with van der Waals surface area (Å²) in [6, 6.07) is 16.1. The monoisotopic (exact) mass is 294 g/mol. The lowest BCUT2D eigenvalue weighted by Crippen LogP contribution is -2.00. The largest absolute Gasteiger partial charge is 0.493 e. The molecule has 22 heavy (non-hydrogen) atoms. The highest BCUT2D eigenvalue weighted by molar-refractivity contribution is 5.41. The molecule has 0 heterocycles. The van der Waals surface area contributed by atoms with Gasteiger partial charge in [-0.25, -0.2) is 0 Å². The first-order chi connectivity index (χ1) is 10.8. The summed E-state index contributed by atoms with van der Waals surface area (Å²) in [7, 11) is 0. The second-order valence-electron chi connectivity index (χ2n) is 4.96. The van der Waals surface area contributed by atoms with E-state index in [4.69, 9.17) is 9.47 Å². The Morgan fingerprint density at radius 1 is 0.909 bits per heavy atom. The van der Waals surface area contributed by atoms with Crippen molar-refractivity contribution < 1.29 is 9.47 Å². The molecular formula is C20H22O2. The van der Waals surface area contributed by atoms with E-state index >= 15 is 0 Å². The Morgan fingerprint density at radius 2 is 1.73 bits per heavy atom. The van der Waals surface area contributed by atoms with Gasteiger partial charge in [0.05, 0.1) is 6.61 Å². The van der Waals surface area contributed by atoms with Crippen LogP contribution in [0.2, 0.25) is 0 Å². The van der Waals surface area contributed by atoms with Crippen molar-refractivity contribution in [3.8, 4) is 11.5 Å².